The van der Waals surface area contributed by atoms with Gasteiger partial charge in [-0.3, -0.25) is 4.72 Å². The Morgan fingerprint density at radius 1 is 1.17 bits per heavy atom. The predicted octanol–water partition coefficient (Wildman–Crippen LogP) is 4.15. The maximum atomic E-state index is 14.7. The van der Waals surface area contributed by atoms with Gasteiger partial charge in [-0.2, -0.15) is 4.39 Å². The van der Waals surface area contributed by atoms with E-state index in [4.69, 9.17) is 11.6 Å². The minimum atomic E-state index is -4.33. The lowest BCUT2D eigenvalue weighted by atomic mass is 9.90. The number of anilines is 2. The van der Waals surface area contributed by atoms with E-state index in [9.17, 15) is 17.2 Å². The summed E-state index contributed by atoms with van der Waals surface area (Å²) in [6.07, 6.45) is 4.08. The summed E-state index contributed by atoms with van der Waals surface area (Å²) in [6.45, 7) is 2.85. The highest BCUT2D eigenvalue weighted by Gasteiger charge is 2.27. The molecule has 158 valence electrons. The van der Waals surface area contributed by atoms with Gasteiger partial charge >= 0.3 is 0 Å². The molecule has 2 atom stereocenters. The van der Waals surface area contributed by atoms with Crippen molar-refractivity contribution in [2.24, 2.45) is 0 Å². The third-order valence-corrected chi connectivity index (χ3v) is 6.52. The number of likely N-dealkylation sites (N-methyl/N-ethyl adjacent to an activating group) is 1. The highest BCUT2D eigenvalue weighted by molar-refractivity contribution is 7.92. The Balaban J connectivity index is 1.83. The lowest BCUT2D eigenvalue weighted by molar-refractivity contribution is 0.349. The molecule has 10 heteroatoms. The zero-order chi connectivity index (χ0) is 21.0. The molecular weight excluding hydrogens is 422 g/mol. The van der Waals surface area contributed by atoms with Crippen molar-refractivity contribution in [1.29, 1.82) is 0 Å². The number of hydrogen-bond donors (Lipinski definition) is 3. The van der Waals surface area contributed by atoms with Gasteiger partial charge in [-0.15, -0.1) is 0 Å². The van der Waals surface area contributed by atoms with Gasteiger partial charge in [0.05, 0.1) is 10.7 Å². The van der Waals surface area contributed by atoms with Crippen LogP contribution in [0.2, 0.25) is 5.02 Å². The maximum absolute atomic E-state index is 14.7. The zero-order valence-electron chi connectivity index (χ0n) is 15.9. The van der Waals surface area contributed by atoms with E-state index in [0.717, 1.165) is 50.4 Å². The molecule has 1 fully saturated rings. The summed E-state index contributed by atoms with van der Waals surface area (Å²) in [4.78, 5) is 2.79. The first-order valence-electron chi connectivity index (χ1n) is 9.44. The van der Waals surface area contributed by atoms with Gasteiger partial charge in [0.2, 0.25) is 5.95 Å². The van der Waals surface area contributed by atoms with E-state index >= 15 is 0 Å². The summed E-state index contributed by atoms with van der Waals surface area (Å²) in [5.74, 6) is -2.07. The molecule has 1 aromatic carbocycles. The van der Waals surface area contributed by atoms with Crippen LogP contribution >= 0.6 is 11.6 Å². The van der Waals surface area contributed by atoms with Crippen LogP contribution in [-0.4, -0.2) is 32.0 Å². The summed E-state index contributed by atoms with van der Waals surface area (Å²) in [5, 5.41) is 6.75. The number of benzene rings is 1. The molecule has 1 saturated carbocycles. The maximum Gasteiger partial charge on any atom is 0.266 e. The number of pyridine rings is 1. The molecular formula is C19H23ClF2N4O2S. The zero-order valence-corrected chi connectivity index (χ0v) is 17.5. The summed E-state index contributed by atoms with van der Waals surface area (Å²) >= 11 is 6.26. The molecule has 0 aliphatic heterocycles. The molecule has 0 bridgehead atoms. The summed E-state index contributed by atoms with van der Waals surface area (Å²) < 4.78 is 55.0. The van der Waals surface area contributed by atoms with Crippen LogP contribution < -0.4 is 15.4 Å². The van der Waals surface area contributed by atoms with Crippen molar-refractivity contribution in [2.45, 2.75) is 49.6 Å². The second kappa shape index (κ2) is 9.23. The smallest absolute Gasteiger partial charge is 0.266 e. The number of nitrogens with one attached hydrogen (secondary N) is 3. The van der Waals surface area contributed by atoms with E-state index in [-0.39, 0.29) is 22.9 Å². The fourth-order valence-electron chi connectivity index (χ4n) is 3.51. The number of nitrogens with zero attached hydrogens (tertiary/aromatic N) is 1. The van der Waals surface area contributed by atoms with Gasteiger partial charge in [-0.1, -0.05) is 37.4 Å². The van der Waals surface area contributed by atoms with Crippen LogP contribution in [0.5, 0.6) is 0 Å². The number of sulfonamides is 1. The molecule has 1 heterocycles. The third kappa shape index (κ3) is 5.34. The van der Waals surface area contributed by atoms with Crippen LogP contribution in [0.25, 0.3) is 0 Å². The van der Waals surface area contributed by atoms with E-state index in [0.29, 0.717) is 5.69 Å². The van der Waals surface area contributed by atoms with E-state index in [1.807, 2.05) is 6.92 Å². The molecule has 3 N–H and O–H groups in total. The average molecular weight is 445 g/mol. The van der Waals surface area contributed by atoms with Crippen molar-refractivity contribution in [3.63, 3.8) is 0 Å². The van der Waals surface area contributed by atoms with Crippen molar-refractivity contribution >= 4 is 33.1 Å². The first-order chi connectivity index (χ1) is 13.8. The molecule has 0 unspecified atom stereocenters. The largest absolute Gasteiger partial charge is 0.379 e. The quantitative estimate of drug-likeness (QED) is 0.559. The van der Waals surface area contributed by atoms with Crippen LogP contribution in [0.3, 0.4) is 0 Å². The van der Waals surface area contributed by atoms with Crippen LogP contribution in [0.1, 0.15) is 32.6 Å². The SMILES string of the molecule is CCN[C@H]1CCCC[C@@H]1Nc1cc(F)c(S(=O)(=O)Nc2cccc(F)n2)cc1Cl. The van der Waals surface area contributed by atoms with Gasteiger partial charge in [0.25, 0.3) is 10.0 Å². The Hall–Kier alpha value is -1.97. The molecule has 0 radical (unpaired) electrons. The number of halogens is 3. The van der Waals surface area contributed by atoms with Crippen LogP contribution in [0.4, 0.5) is 20.3 Å². The Labute approximate surface area is 174 Å². The molecule has 3 rings (SSSR count). The Morgan fingerprint density at radius 2 is 1.90 bits per heavy atom. The van der Waals surface area contributed by atoms with Crippen molar-refractivity contribution < 1.29 is 17.2 Å². The monoisotopic (exact) mass is 444 g/mol. The minimum Gasteiger partial charge on any atom is -0.379 e. The topological polar surface area (TPSA) is 83.1 Å². The van der Waals surface area contributed by atoms with E-state index in [2.05, 4.69) is 20.3 Å². The minimum absolute atomic E-state index is 0.0673. The summed E-state index contributed by atoms with van der Waals surface area (Å²) in [6, 6.07) is 6.05. The van der Waals surface area contributed by atoms with Crippen LogP contribution in [0.15, 0.2) is 35.2 Å². The molecule has 1 aliphatic carbocycles. The highest BCUT2D eigenvalue weighted by Crippen LogP contribution is 2.31. The fraction of sp³-hybridized carbons (Fsp3) is 0.421. The molecule has 1 aliphatic rings. The fourth-order valence-corrected chi connectivity index (χ4v) is 4.88. The highest BCUT2D eigenvalue weighted by atomic mass is 35.5. The first-order valence-corrected chi connectivity index (χ1v) is 11.3. The van der Waals surface area contributed by atoms with Crippen LogP contribution in [-0.2, 0) is 10.0 Å². The summed E-state index contributed by atoms with van der Waals surface area (Å²) in [5.41, 5.74) is 0.335. The Kier molecular flexibility index (Phi) is 6.92. The second-order valence-corrected chi connectivity index (χ2v) is 8.97. The molecule has 0 saturated heterocycles. The summed E-state index contributed by atoms with van der Waals surface area (Å²) in [7, 11) is -4.33. The Morgan fingerprint density at radius 3 is 2.59 bits per heavy atom. The first kappa shape index (κ1) is 21.7. The van der Waals surface area contributed by atoms with E-state index in [1.165, 1.54) is 12.1 Å². The van der Waals surface area contributed by atoms with Gasteiger partial charge in [-0.25, -0.2) is 17.8 Å². The van der Waals surface area contributed by atoms with E-state index in [1.54, 1.807) is 0 Å². The number of rotatable bonds is 7. The molecule has 2 aromatic rings. The molecule has 1 aromatic heterocycles. The number of hydrogen-bond acceptors (Lipinski definition) is 5. The van der Waals surface area contributed by atoms with Gasteiger partial charge in [0.1, 0.15) is 16.5 Å². The van der Waals surface area contributed by atoms with Gasteiger partial charge in [0, 0.05) is 12.1 Å². The molecule has 0 spiro atoms. The lowest BCUT2D eigenvalue weighted by Gasteiger charge is -2.33. The Bertz CT molecular complexity index is 973. The van der Waals surface area contributed by atoms with Crippen molar-refractivity contribution in [3.8, 4) is 0 Å². The molecule has 29 heavy (non-hydrogen) atoms. The van der Waals surface area contributed by atoms with Crippen molar-refractivity contribution in [1.82, 2.24) is 10.3 Å². The standard InChI is InChI=1S/C19H23ClF2N4O2S/c1-2-23-14-6-3-4-7-15(14)24-16-11-13(21)17(10-12(16)20)29(27,28)26-19-9-5-8-18(22)25-19/h5,8-11,14-15,23-24H,2-4,6-7H2,1H3,(H,25,26)/t14-,15-/m0/s1. The molecule has 6 nitrogen and oxygen atoms in total. The van der Waals surface area contributed by atoms with Crippen molar-refractivity contribution in [2.75, 3.05) is 16.6 Å². The normalized spacial score (nSPS) is 19.7. The average Bonchev–Trinajstić information content (AvgIpc) is 2.65. The third-order valence-electron chi connectivity index (χ3n) is 4.84. The van der Waals surface area contributed by atoms with Crippen molar-refractivity contribution in [3.05, 3.63) is 47.1 Å². The van der Waals surface area contributed by atoms with Gasteiger partial charge in [0.15, 0.2) is 0 Å². The van der Waals surface area contributed by atoms with Gasteiger partial charge < -0.3 is 10.6 Å². The van der Waals surface area contributed by atoms with Crippen LogP contribution in [0, 0.1) is 11.8 Å². The lowest BCUT2D eigenvalue weighted by Crippen LogP contribution is -2.46. The number of aromatic nitrogens is 1. The second-order valence-electron chi connectivity index (χ2n) is 6.91. The predicted molar refractivity (Wildman–Crippen MR) is 110 cm³/mol. The van der Waals surface area contributed by atoms with E-state index < -0.39 is 26.7 Å². The van der Waals surface area contributed by atoms with Gasteiger partial charge in [-0.05, 0) is 43.7 Å². The molecule has 0 amide bonds.